The molecule has 1 saturated heterocycles. The molecule has 11 heteroatoms. The number of nitrogens with one attached hydrogen (secondary N) is 1. The second-order valence-corrected chi connectivity index (χ2v) is 9.59. The van der Waals surface area contributed by atoms with Crippen molar-refractivity contribution in [3.63, 3.8) is 0 Å². The van der Waals surface area contributed by atoms with Crippen molar-refractivity contribution < 1.29 is 27.1 Å². The third-order valence-corrected chi connectivity index (χ3v) is 6.99. The minimum atomic E-state index is -4.54. The number of carbonyl (C=O) groups is 1. The van der Waals surface area contributed by atoms with Gasteiger partial charge in [-0.25, -0.2) is 9.37 Å². The number of rotatable bonds is 5. The molecule has 0 bridgehead atoms. The Kier molecular flexibility index (Phi) is 5.99. The Hall–Kier alpha value is -2.72. The summed E-state index contributed by atoms with van der Waals surface area (Å²) in [5.41, 5.74) is -0.223. The number of carbonyl (C=O) groups excluding carboxylic acids is 1. The van der Waals surface area contributed by atoms with Crippen molar-refractivity contribution in [3.8, 4) is 0 Å². The van der Waals surface area contributed by atoms with Gasteiger partial charge in [0.05, 0.1) is 12.3 Å². The Morgan fingerprint density at radius 1 is 1.23 bits per heavy atom. The number of amidine groups is 1. The maximum atomic E-state index is 14.5. The lowest BCUT2D eigenvalue weighted by Gasteiger charge is -2.37. The van der Waals surface area contributed by atoms with Gasteiger partial charge >= 0.3 is 6.18 Å². The fourth-order valence-electron chi connectivity index (χ4n) is 4.76. The summed E-state index contributed by atoms with van der Waals surface area (Å²) in [4.78, 5) is 23.6. The number of halogens is 5. The van der Waals surface area contributed by atoms with Crippen molar-refractivity contribution in [1.29, 1.82) is 0 Å². The first-order valence-corrected chi connectivity index (χ1v) is 11.7. The zero-order valence-electron chi connectivity index (χ0n) is 18.9. The molecular weight excluding hydrogens is 488 g/mol. The number of benzene rings is 1. The van der Waals surface area contributed by atoms with E-state index in [1.807, 2.05) is 4.90 Å². The van der Waals surface area contributed by atoms with Gasteiger partial charge in [-0.15, -0.1) is 0 Å². The molecule has 2 aromatic rings. The van der Waals surface area contributed by atoms with Gasteiger partial charge in [-0.3, -0.25) is 9.79 Å². The number of pyridine rings is 1. The van der Waals surface area contributed by atoms with Crippen LogP contribution in [0.15, 0.2) is 29.3 Å². The summed E-state index contributed by atoms with van der Waals surface area (Å²) < 4.78 is 59.3. The van der Waals surface area contributed by atoms with Crippen molar-refractivity contribution in [2.24, 2.45) is 4.99 Å². The van der Waals surface area contributed by atoms with Gasteiger partial charge in [0, 0.05) is 48.0 Å². The molecule has 5 rings (SSSR count). The van der Waals surface area contributed by atoms with Crippen LogP contribution < -0.4 is 10.2 Å². The van der Waals surface area contributed by atoms with Crippen molar-refractivity contribution >= 4 is 29.0 Å². The number of piperidine rings is 1. The summed E-state index contributed by atoms with van der Waals surface area (Å²) in [5.74, 6) is -0.554. The molecule has 0 unspecified atom stereocenters. The number of ether oxygens (including phenoxy) is 1. The lowest BCUT2D eigenvalue weighted by molar-refractivity contribution is -0.141. The summed E-state index contributed by atoms with van der Waals surface area (Å²) in [6, 6.07) is 5.19. The predicted molar refractivity (Wildman–Crippen MR) is 122 cm³/mol. The Balaban J connectivity index is 1.41. The minimum absolute atomic E-state index is 0.0674. The second-order valence-electron chi connectivity index (χ2n) is 9.15. The molecule has 1 spiro atoms. The molecule has 0 radical (unpaired) electrons. The van der Waals surface area contributed by atoms with Gasteiger partial charge in [-0.1, -0.05) is 11.6 Å². The molecule has 1 aromatic carbocycles. The second kappa shape index (κ2) is 8.74. The summed E-state index contributed by atoms with van der Waals surface area (Å²) in [5, 5.41) is 3.05. The van der Waals surface area contributed by atoms with Crippen LogP contribution in [0.4, 0.5) is 23.2 Å². The quantitative estimate of drug-likeness (QED) is 0.585. The minimum Gasteiger partial charge on any atom is -0.380 e. The highest BCUT2D eigenvalue weighted by atomic mass is 35.5. The number of aliphatic imine (C=N–C) groups is 1. The van der Waals surface area contributed by atoms with Gasteiger partial charge in [0.2, 0.25) is 0 Å². The molecule has 1 N–H and O–H groups in total. The highest BCUT2D eigenvalue weighted by Gasteiger charge is 2.47. The Morgan fingerprint density at radius 2 is 1.94 bits per heavy atom. The molecule has 35 heavy (non-hydrogen) atoms. The van der Waals surface area contributed by atoms with E-state index in [0.29, 0.717) is 48.4 Å². The maximum Gasteiger partial charge on any atom is 0.433 e. The first kappa shape index (κ1) is 24.0. The fourth-order valence-corrected chi connectivity index (χ4v) is 4.96. The molecule has 186 valence electrons. The molecule has 1 aliphatic carbocycles. The van der Waals surface area contributed by atoms with Crippen LogP contribution in [0.3, 0.4) is 0 Å². The lowest BCUT2D eigenvalue weighted by Crippen LogP contribution is -2.49. The number of amides is 1. The Morgan fingerprint density at radius 3 is 2.57 bits per heavy atom. The molecule has 3 heterocycles. The molecule has 1 saturated carbocycles. The molecule has 3 aliphatic rings. The normalized spacial score (nSPS) is 19.8. The highest BCUT2D eigenvalue weighted by molar-refractivity contribution is 6.30. The predicted octanol–water partition coefficient (Wildman–Crippen LogP) is 4.83. The summed E-state index contributed by atoms with van der Waals surface area (Å²) >= 11 is 6.09. The first-order valence-electron chi connectivity index (χ1n) is 11.3. The smallest absolute Gasteiger partial charge is 0.380 e. The monoisotopic (exact) mass is 510 g/mol. The van der Waals surface area contributed by atoms with E-state index < -0.39 is 23.2 Å². The van der Waals surface area contributed by atoms with Crippen LogP contribution >= 0.6 is 11.6 Å². The topological polar surface area (TPSA) is 66.8 Å². The van der Waals surface area contributed by atoms with E-state index in [0.717, 1.165) is 18.9 Å². The third-order valence-electron chi connectivity index (χ3n) is 6.77. The van der Waals surface area contributed by atoms with Crippen LogP contribution in [-0.4, -0.2) is 42.5 Å². The van der Waals surface area contributed by atoms with Crippen LogP contribution in [0.2, 0.25) is 5.02 Å². The van der Waals surface area contributed by atoms with Crippen molar-refractivity contribution in [1.82, 2.24) is 10.3 Å². The first-order chi connectivity index (χ1) is 16.6. The van der Waals surface area contributed by atoms with E-state index in [9.17, 15) is 22.4 Å². The van der Waals surface area contributed by atoms with Gasteiger partial charge in [-0.05, 0) is 49.9 Å². The number of hydrogen-bond acceptors (Lipinski definition) is 5. The highest BCUT2D eigenvalue weighted by Crippen LogP contribution is 2.43. The van der Waals surface area contributed by atoms with E-state index in [-0.39, 0.29) is 29.3 Å². The molecule has 6 nitrogen and oxygen atoms in total. The van der Waals surface area contributed by atoms with E-state index in [4.69, 9.17) is 21.3 Å². The third kappa shape index (κ3) is 4.49. The summed E-state index contributed by atoms with van der Waals surface area (Å²) in [7, 11) is 1.48. The van der Waals surface area contributed by atoms with Crippen LogP contribution in [0, 0.1) is 5.82 Å². The largest absolute Gasteiger partial charge is 0.433 e. The number of aromatic nitrogens is 1. The van der Waals surface area contributed by atoms with E-state index in [2.05, 4.69) is 10.3 Å². The Labute approximate surface area is 204 Å². The van der Waals surface area contributed by atoms with Gasteiger partial charge in [0.1, 0.15) is 22.9 Å². The fraction of sp³-hybridized carbons (Fsp3) is 0.458. The number of nitrogens with zero attached hydrogens (tertiary/aromatic N) is 3. The van der Waals surface area contributed by atoms with Crippen molar-refractivity contribution in [2.75, 3.05) is 25.1 Å². The van der Waals surface area contributed by atoms with Crippen LogP contribution in [-0.2, 0) is 22.3 Å². The van der Waals surface area contributed by atoms with E-state index in [1.54, 1.807) is 6.07 Å². The van der Waals surface area contributed by atoms with Crippen LogP contribution in [0.5, 0.6) is 0 Å². The maximum absolute atomic E-state index is 14.5. The molecular formula is C24H23ClF4N4O2. The van der Waals surface area contributed by atoms with Gasteiger partial charge in [0.15, 0.2) is 0 Å². The lowest BCUT2D eigenvalue weighted by atomic mass is 9.87. The SMILES string of the molecule is COCc1c(F)cc(Cl)cc1N1CCC2(CC1)N=C(c1ccc(C(F)(F)F)nc1C1CC1)NC2=O. The standard InChI is InChI=1S/C24H23ClF4N4O2/c1-35-12-16-17(26)10-14(25)11-18(16)33-8-6-23(7-9-33)22(34)31-21(32-23)15-4-5-19(24(27,28)29)30-20(15)13-2-3-13/h4-5,10-11,13H,2-3,6-9,12H2,1H3,(H,31,32,34). The molecule has 1 amide bonds. The average molecular weight is 511 g/mol. The van der Waals surface area contributed by atoms with Gasteiger partial charge in [-0.2, -0.15) is 13.2 Å². The number of methoxy groups -OCH3 is 1. The van der Waals surface area contributed by atoms with Crippen molar-refractivity contribution in [3.05, 3.63) is 57.6 Å². The van der Waals surface area contributed by atoms with Crippen LogP contribution in [0.25, 0.3) is 0 Å². The molecule has 2 fully saturated rings. The summed E-state index contributed by atoms with van der Waals surface area (Å²) in [6.07, 6.45) is -2.32. The summed E-state index contributed by atoms with van der Waals surface area (Å²) in [6.45, 7) is 0.913. The van der Waals surface area contributed by atoms with Gasteiger partial charge < -0.3 is 15.0 Å². The van der Waals surface area contributed by atoms with Crippen molar-refractivity contribution in [2.45, 2.75) is 49.9 Å². The zero-order valence-corrected chi connectivity index (χ0v) is 19.6. The van der Waals surface area contributed by atoms with E-state index >= 15 is 0 Å². The molecule has 0 atom stereocenters. The molecule has 1 aromatic heterocycles. The Bertz CT molecular complexity index is 1200. The average Bonchev–Trinajstić information content (AvgIpc) is 3.60. The number of hydrogen-bond donors (Lipinski definition) is 1. The van der Waals surface area contributed by atoms with Crippen LogP contribution in [0.1, 0.15) is 54.1 Å². The zero-order chi connectivity index (χ0) is 25.0. The van der Waals surface area contributed by atoms with Gasteiger partial charge in [0.25, 0.3) is 5.91 Å². The molecule has 2 aliphatic heterocycles. The number of anilines is 1. The van der Waals surface area contributed by atoms with E-state index in [1.165, 1.54) is 19.2 Å². The number of alkyl halides is 3.